The first-order chi connectivity index (χ1) is 10.3. The van der Waals surface area contributed by atoms with Gasteiger partial charge in [-0.25, -0.2) is 9.97 Å². The van der Waals surface area contributed by atoms with Crippen LogP contribution in [0.3, 0.4) is 0 Å². The van der Waals surface area contributed by atoms with Crippen molar-refractivity contribution in [3.8, 4) is 0 Å². The largest absolute Gasteiger partial charge is 0.378 e. The van der Waals surface area contributed by atoms with Crippen LogP contribution in [0.4, 0.5) is 5.82 Å². The van der Waals surface area contributed by atoms with Crippen LogP contribution in [-0.2, 0) is 11.2 Å². The average Bonchev–Trinajstić information content (AvgIpc) is 3.25. The molecule has 5 heteroatoms. The van der Waals surface area contributed by atoms with Gasteiger partial charge >= 0.3 is 0 Å². The van der Waals surface area contributed by atoms with E-state index in [1.165, 1.54) is 12.8 Å². The Hall–Kier alpha value is -1.20. The van der Waals surface area contributed by atoms with Gasteiger partial charge in [-0.2, -0.15) is 0 Å². The van der Waals surface area contributed by atoms with Crippen molar-refractivity contribution in [2.75, 3.05) is 11.9 Å². The van der Waals surface area contributed by atoms with E-state index in [1.807, 2.05) is 0 Å². The molecule has 21 heavy (non-hydrogen) atoms. The molecule has 2 fully saturated rings. The van der Waals surface area contributed by atoms with Crippen molar-refractivity contribution >= 4 is 27.4 Å². The van der Waals surface area contributed by atoms with Crippen molar-refractivity contribution in [3.63, 3.8) is 0 Å². The Morgan fingerprint density at radius 1 is 1.33 bits per heavy atom. The third-order valence-electron chi connectivity index (χ3n) is 4.49. The summed E-state index contributed by atoms with van der Waals surface area (Å²) in [6.45, 7) is 2.98. The van der Waals surface area contributed by atoms with E-state index < -0.39 is 0 Å². The molecule has 0 aromatic carbocycles. The quantitative estimate of drug-likeness (QED) is 0.937. The highest BCUT2D eigenvalue weighted by atomic mass is 32.1. The molecule has 1 saturated heterocycles. The molecular formula is C16H21N3OS. The predicted molar refractivity (Wildman–Crippen MR) is 85.9 cm³/mol. The summed E-state index contributed by atoms with van der Waals surface area (Å²) in [5.74, 6) is 2.75. The first kappa shape index (κ1) is 13.5. The number of aryl methyl sites for hydroxylation is 1. The van der Waals surface area contributed by atoms with Crippen LogP contribution < -0.4 is 5.32 Å². The van der Waals surface area contributed by atoms with Crippen molar-refractivity contribution in [1.82, 2.24) is 9.97 Å². The molecular weight excluding hydrogens is 282 g/mol. The topological polar surface area (TPSA) is 47.0 Å². The minimum absolute atomic E-state index is 0.460. The maximum atomic E-state index is 5.92. The van der Waals surface area contributed by atoms with Crippen molar-refractivity contribution < 1.29 is 4.74 Å². The van der Waals surface area contributed by atoms with Gasteiger partial charge in [0.25, 0.3) is 0 Å². The number of thiophene rings is 1. The van der Waals surface area contributed by atoms with Crippen molar-refractivity contribution in [2.24, 2.45) is 5.92 Å². The van der Waals surface area contributed by atoms with Crippen LogP contribution >= 0.6 is 11.3 Å². The molecule has 1 aliphatic carbocycles. The molecule has 2 unspecified atom stereocenters. The summed E-state index contributed by atoms with van der Waals surface area (Å²) in [4.78, 5) is 10.4. The lowest BCUT2D eigenvalue weighted by Crippen LogP contribution is -2.35. The van der Waals surface area contributed by atoms with Gasteiger partial charge in [-0.05, 0) is 43.0 Å². The van der Waals surface area contributed by atoms with Gasteiger partial charge in [-0.1, -0.05) is 6.92 Å². The predicted octanol–water partition coefficient (Wildman–Crippen LogP) is 3.62. The third kappa shape index (κ3) is 2.77. The number of fused-ring (bicyclic) bond motifs is 1. The molecule has 2 atom stereocenters. The molecule has 2 aliphatic rings. The third-order valence-corrected chi connectivity index (χ3v) is 5.30. The zero-order chi connectivity index (χ0) is 14.2. The lowest BCUT2D eigenvalue weighted by molar-refractivity contribution is -0.00221. The second-order valence-corrected chi connectivity index (χ2v) is 6.99. The fourth-order valence-corrected chi connectivity index (χ4v) is 3.90. The minimum atomic E-state index is 0.460. The van der Waals surface area contributed by atoms with Crippen LogP contribution in [-0.4, -0.2) is 28.7 Å². The molecule has 2 aromatic rings. The van der Waals surface area contributed by atoms with E-state index in [1.54, 1.807) is 11.3 Å². The van der Waals surface area contributed by atoms with Crippen molar-refractivity contribution in [1.29, 1.82) is 0 Å². The SMILES string of the molecule is CCc1nc(NC2CCOC(C3CC3)C2)c2ccsc2n1. The number of rotatable bonds is 4. The van der Waals surface area contributed by atoms with E-state index >= 15 is 0 Å². The lowest BCUT2D eigenvalue weighted by Gasteiger charge is -2.30. The average molecular weight is 303 g/mol. The highest BCUT2D eigenvalue weighted by Gasteiger charge is 2.36. The van der Waals surface area contributed by atoms with Crippen LogP contribution in [0.25, 0.3) is 10.2 Å². The molecule has 2 aromatic heterocycles. The zero-order valence-electron chi connectivity index (χ0n) is 12.3. The van der Waals surface area contributed by atoms with Crippen LogP contribution in [0, 0.1) is 5.92 Å². The molecule has 112 valence electrons. The number of nitrogens with one attached hydrogen (secondary N) is 1. The first-order valence-electron chi connectivity index (χ1n) is 7.95. The molecule has 1 N–H and O–H groups in total. The number of aromatic nitrogens is 2. The second kappa shape index (κ2) is 5.54. The summed E-state index contributed by atoms with van der Waals surface area (Å²) in [6, 6.07) is 2.60. The lowest BCUT2D eigenvalue weighted by atomic mass is 10.00. The van der Waals surface area contributed by atoms with Gasteiger partial charge < -0.3 is 10.1 Å². The summed E-state index contributed by atoms with van der Waals surface area (Å²) in [5, 5.41) is 6.93. The fourth-order valence-electron chi connectivity index (χ4n) is 3.12. The van der Waals surface area contributed by atoms with Crippen molar-refractivity contribution in [2.45, 2.75) is 51.2 Å². The highest BCUT2D eigenvalue weighted by molar-refractivity contribution is 7.16. The Morgan fingerprint density at radius 2 is 2.24 bits per heavy atom. The maximum Gasteiger partial charge on any atom is 0.138 e. The van der Waals surface area contributed by atoms with Crippen molar-refractivity contribution in [3.05, 3.63) is 17.3 Å². The Morgan fingerprint density at radius 3 is 3.05 bits per heavy atom. The normalized spacial score (nSPS) is 26.1. The van der Waals surface area contributed by atoms with E-state index in [9.17, 15) is 0 Å². The van der Waals surface area contributed by atoms with E-state index in [0.717, 1.165) is 53.6 Å². The van der Waals surface area contributed by atoms with Crippen LogP contribution in [0.1, 0.15) is 38.4 Å². The van der Waals surface area contributed by atoms with E-state index in [4.69, 9.17) is 9.72 Å². The van der Waals surface area contributed by atoms with E-state index in [0.29, 0.717) is 12.1 Å². The number of nitrogens with zero attached hydrogens (tertiary/aromatic N) is 2. The minimum Gasteiger partial charge on any atom is -0.378 e. The first-order valence-corrected chi connectivity index (χ1v) is 8.83. The number of hydrogen-bond donors (Lipinski definition) is 1. The Kier molecular flexibility index (Phi) is 3.55. The summed E-state index contributed by atoms with van der Waals surface area (Å²) >= 11 is 1.69. The van der Waals surface area contributed by atoms with Gasteiger partial charge in [0, 0.05) is 19.1 Å². The number of hydrogen-bond acceptors (Lipinski definition) is 5. The van der Waals surface area contributed by atoms with Gasteiger partial charge in [0.15, 0.2) is 0 Å². The van der Waals surface area contributed by atoms with Gasteiger partial charge in [0.2, 0.25) is 0 Å². The molecule has 0 amide bonds. The molecule has 0 radical (unpaired) electrons. The zero-order valence-corrected chi connectivity index (χ0v) is 13.2. The highest BCUT2D eigenvalue weighted by Crippen LogP contribution is 2.38. The summed E-state index contributed by atoms with van der Waals surface area (Å²) in [7, 11) is 0. The number of anilines is 1. The van der Waals surface area contributed by atoms with Gasteiger partial charge in [0.05, 0.1) is 11.5 Å². The molecule has 4 nitrogen and oxygen atoms in total. The molecule has 0 bridgehead atoms. The Bertz CT molecular complexity index is 637. The number of ether oxygens (including phenoxy) is 1. The molecule has 0 spiro atoms. The second-order valence-electron chi connectivity index (χ2n) is 6.09. The summed E-state index contributed by atoms with van der Waals surface area (Å²) in [6.07, 6.45) is 6.21. The van der Waals surface area contributed by atoms with Crippen LogP contribution in [0.15, 0.2) is 11.4 Å². The maximum absolute atomic E-state index is 5.92. The van der Waals surface area contributed by atoms with Gasteiger partial charge in [0.1, 0.15) is 16.5 Å². The Balaban J connectivity index is 1.56. The van der Waals surface area contributed by atoms with E-state index in [2.05, 4.69) is 28.7 Å². The fraction of sp³-hybridized carbons (Fsp3) is 0.625. The monoisotopic (exact) mass is 303 g/mol. The summed E-state index contributed by atoms with van der Waals surface area (Å²) < 4.78 is 5.92. The standard InChI is InChI=1S/C16H21N3OS/c1-2-14-18-15(12-6-8-21-16(12)19-14)17-11-5-7-20-13(9-11)10-3-4-10/h6,8,10-11,13H,2-5,7,9H2,1H3,(H,17,18,19). The van der Waals surface area contributed by atoms with Gasteiger partial charge in [-0.3, -0.25) is 0 Å². The molecule has 3 heterocycles. The molecule has 1 saturated carbocycles. The smallest absolute Gasteiger partial charge is 0.138 e. The molecule has 1 aliphatic heterocycles. The molecule has 4 rings (SSSR count). The Labute approximate surface area is 128 Å². The van der Waals surface area contributed by atoms with Crippen LogP contribution in [0.2, 0.25) is 0 Å². The van der Waals surface area contributed by atoms with Crippen LogP contribution in [0.5, 0.6) is 0 Å². The summed E-state index contributed by atoms with van der Waals surface area (Å²) in [5.41, 5.74) is 0. The van der Waals surface area contributed by atoms with E-state index in [-0.39, 0.29) is 0 Å². The van der Waals surface area contributed by atoms with Gasteiger partial charge in [-0.15, -0.1) is 11.3 Å².